The molecule has 0 amide bonds. The van der Waals surface area contributed by atoms with Crippen LogP contribution >= 0.6 is 31.9 Å². The molecule has 90 heavy (non-hydrogen) atoms. The standard InChI is InChI=1S/C82H88Br2N6/c1-11-49-89-73(45-37-61-31-29-59(75(61)83)35-43-71-79(5,6)67-51-55(53-85)27-41-69(67)87(71)13-3)81(9,65-39-33-57-23-17-19-25-63(57)77(65)89)47-21-15-16-22-48-82(10)66-40-34-58-24-18-20-26-64(58)78(66)90(50-12-2)74(82)46-38-62-32-30-60(76(62)84)36-44-72-80(7,8)68-52-56(54-86)28-42-70(68)88(72)14-4/h17-20,23-28,33-46,51-52H,11-16,21-22,29-32,47-50H2,1-10H3/q+2. The summed E-state index contributed by atoms with van der Waals surface area (Å²) in [6, 6.07) is 44.7. The molecule has 4 aliphatic heterocycles. The molecule has 0 aromatic heterocycles. The van der Waals surface area contributed by atoms with Gasteiger partial charge in [0.2, 0.25) is 11.4 Å². The minimum absolute atomic E-state index is 0.158. The van der Waals surface area contributed by atoms with Gasteiger partial charge in [-0.3, -0.25) is 0 Å². The van der Waals surface area contributed by atoms with Gasteiger partial charge in [-0.2, -0.15) is 19.7 Å². The van der Waals surface area contributed by atoms with E-state index in [1.54, 1.807) is 0 Å². The third kappa shape index (κ3) is 10.8. The van der Waals surface area contributed by atoms with Crippen LogP contribution in [0.4, 0.5) is 22.7 Å². The maximum atomic E-state index is 9.76. The molecule has 6 aliphatic rings. The van der Waals surface area contributed by atoms with Crippen LogP contribution in [0.25, 0.3) is 21.5 Å². The normalized spacial score (nSPS) is 22.6. The van der Waals surface area contributed by atoms with Crippen LogP contribution in [0.5, 0.6) is 0 Å². The summed E-state index contributed by atoms with van der Waals surface area (Å²) in [5.74, 6) is 0. The lowest BCUT2D eigenvalue weighted by Crippen LogP contribution is -2.29. The van der Waals surface area contributed by atoms with Gasteiger partial charge < -0.3 is 9.80 Å². The molecule has 0 saturated heterocycles. The van der Waals surface area contributed by atoms with E-state index in [1.807, 2.05) is 12.1 Å². The summed E-state index contributed by atoms with van der Waals surface area (Å²) in [4.78, 5) is 5.37. The van der Waals surface area contributed by atoms with Gasteiger partial charge in [0, 0.05) is 90.5 Å². The highest BCUT2D eigenvalue weighted by molar-refractivity contribution is 9.12. The minimum atomic E-state index is -0.216. The van der Waals surface area contributed by atoms with Gasteiger partial charge in [0.15, 0.2) is 11.4 Å². The van der Waals surface area contributed by atoms with Crippen LogP contribution in [-0.2, 0) is 21.7 Å². The average molecular weight is 1320 g/mol. The molecule has 0 bridgehead atoms. The van der Waals surface area contributed by atoms with Gasteiger partial charge in [0.1, 0.15) is 13.1 Å². The topological polar surface area (TPSA) is 60.1 Å². The van der Waals surface area contributed by atoms with E-state index >= 15 is 0 Å². The molecule has 6 aromatic carbocycles. The van der Waals surface area contributed by atoms with E-state index in [0.717, 1.165) is 90.4 Å². The van der Waals surface area contributed by atoms with Crippen molar-refractivity contribution in [2.75, 3.05) is 36.0 Å². The number of fused-ring (bicyclic) bond motifs is 8. The number of unbranched alkanes of at least 4 members (excludes halogenated alkanes) is 3. The Morgan fingerprint density at radius 2 is 0.889 bits per heavy atom. The predicted molar refractivity (Wildman–Crippen MR) is 386 cm³/mol. The molecular formula is C82H88Br2N6+2. The summed E-state index contributed by atoms with van der Waals surface area (Å²) >= 11 is 8.31. The summed E-state index contributed by atoms with van der Waals surface area (Å²) in [7, 11) is 0. The highest BCUT2D eigenvalue weighted by Gasteiger charge is 2.48. The zero-order valence-corrected chi connectivity index (χ0v) is 57.9. The maximum absolute atomic E-state index is 9.76. The van der Waals surface area contributed by atoms with Crippen molar-refractivity contribution in [2.45, 2.75) is 168 Å². The summed E-state index contributed by atoms with van der Waals surface area (Å²) < 4.78 is 7.25. The number of hydrogen-bond donors (Lipinski definition) is 0. The van der Waals surface area contributed by atoms with E-state index in [0.29, 0.717) is 11.1 Å². The summed E-state index contributed by atoms with van der Waals surface area (Å²) in [5, 5.41) is 24.8. The number of halogens is 2. The fourth-order valence-corrected chi connectivity index (χ4v) is 17.6. The first-order valence-electron chi connectivity index (χ1n) is 33.4. The van der Waals surface area contributed by atoms with Crippen molar-refractivity contribution in [3.8, 4) is 12.1 Å². The number of anilines is 2. The Labute approximate surface area is 553 Å². The van der Waals surface area contributed by atoms with Crippen LogP contribution < -0.4 is 9.80 Å². The van der Waals surface area contributed by atoms with Crippen LogP contribution in [0.2, 0.25) is 0 Å². The van der Waals surface area contributed by atoms with Crippen molar-refractivity contribution >= 4 is 87.6 Å². The van der Waals surface area contributed by atoms with Crippen LogP contribution in [0.1, 0.15) is 180 Å². The van der Waals surface area contributed by atoms with Crippen LogP contribution in [-0.4, -0.2) is 46.8 Å². The Morgan fingerprint density at radius 3 is 1.28 bits per heavy atom. The van der Waals surface area contributed by atoms with E-state index in [2.05, 4.69) is 278 Å². The van der Waals surface area contributed by atoms with Crippen molar-refractivity contribution in [3.05, 3.63) is 234 Å². The maximum Gasteiger partial charge on any atom is 0.209 e. The highest BCUT2D eigenvalue weighted by Crippen LogP contribution is 2.56. The van der Waals surface area contributed by atoms with Gasteiger partial charge in [0.05, 0.1) is 45.5 Å². The molecule has 0 fully saturated rings. The first kappa shape index (κ1) is 62.8. The number of nitrogens with zero attached hydrogens (tertiary/aromatic N) is 6. The Bertz CT molecular complexity index is 4060. The number of hydrogen-bond acceptors (Lipinski definition) is 4. The Balaban J connectivity index is 0.805. The SMILES string of the molecule is CCCN1C(=CC=C2CCC(C=CC3=[N+](CC)c4ccc(C#N)cc4C3(C)C)=C2Br)C(C)(CCCCCCC2(C)C(=CC=C3CCC(C=CC4=[N+](CC)c5ccc(C#N)cc5C4(C)C)=C3Br)N(CCC)c3c2ccc2ccccc32)c2ccc3ccccc3c21. The summed E-state index contributed by atoms with van der Waals surface area (Å²) in [5.41, 5.74) is 22.0. The molecular weight excluding hydrogens is 1230 g/mol. The molecule has 6 nitrogen and oxygen atoms in total. The number of benzene rings is 6. The van der Waals surface area contributed by atoms with Crippen LogP contribution in [0, 0.1) is 22.7 Å². The van der Waals surface area contributed by atoms with Gasteiger partial charge in [-0.15, -0.1) is 0 Å². The summed E-state index contributed by atoms with van der Waals surface area (Å²) in [6.07, 6.45) is 32.1. The number of nitriles is 2. The van der Waals surface area contributed by atoms with E-state index in [1.165, 1.54) is 133 Å². The molecule has 0 radical (unpaired) electrons. The molecule has 4 heterocycles. The molecule has 6 aromatic rings. The van der Waals surface area contributed by atoms with Crippen molar-refractivity contribution in [1.82, 2.24) is 0 Å². The zero-order chi connectivity index (χ0) is 63.3. The van der Waals surface area contributed by atoms with Gasteiger partial charge in [-0.1, -0.05) is 168 Å². The van der Waals surface area contributed by atoms with Gasteiger partial charge >= 0.3 is 0 Å². The largest absolute Gasteiger partial charge is 0.343 e. The molecule has 0 N–H and O–H groups in total. The second kappa shape index (κ2) is 25.4. The molecule has 12 rings (SSSR count). The van der Waals surface area contributed by atoms with Crippen molar-refractivity contribution in [3.63, 3.8) is 0 Å². The van der Waals surface area contributed by atoms with Gasteiger partial charge in [-0.05, 0) is 187 Å². The third-order valence-corrected chi connectivity index (χ3v) is 23.2. The molecule has 0 saturated carbocycles. The van der Waals surface area contributed by atoms with Crippen molar-refractivity contribution in [1.29, 1.82) is 10.5 Å². The van der Waals surface area contributed by atoms with Crippen molar-refractivity contribution in [2.24, 2.45) is 0 Å². The minimum Gasteiger partial charge on any atom is -0.343 e. The lowest BCUT2D eigenvalue weighted by atomic mass is 9.75. The monoisotopic (exact) mass is 1310 g/mol. The smallest absolute Gasteiger partial charge is 0.209 e. The van der Waals surface area contributed by atoms with Crippen LogP contribution in [0.3, 0.4) is 0 Å². The van der Waals surface area contributed by atoms with E-state index < -0.39 is 0 Å². The van der Waals surface area contributed by atoms with Gasteiger partial charge in [-0.25, -0.2) is 0 Å². The molecule has 458 valence electrons. The number of rotatable bonds is 19. The molecule has 2 unspecified atom stereocenters. The van der Waals surface area contributed by atoms with E-state index in [9.17, 15) is 10.5 Å². The second-order valence-corrected chi connectivity index (χ2v) is 28.9. The number of allylic oxidation sites excluding steroid dienone is 16. The summed E-state index contributed by atoms with van der Waals surface area (Å²) in [6.45, 7) is 27.0. The molecule has 2 aliphatic carbocycles. The molecule has 2 atom stereocenters. The Hall–Kier alpha value is -7.36. The van der Waals surface area contributed by atoms with E-state index in [4.69, 9.17) is 0 Å². The first-order chi connectivity index (χ1) is 43.5. The third-order valence-electron chi connectivity index (χ3n) is 21.1. The lowest BCUT2D eigenvalue weighted by Gasteiger charge is -2.31. The predicted octanol–water partition coefficient (Wildman–Crippen LogP) is 21.6. The Kier molecular flexibility index (Phi) is 17.7. The fraction of sp³-hybridized carbons (Fsp3) is 0.366. The Morgan fingerprint density at radius 1 is 0.478 bits per heavy atom. The lowest BCUT2D eigenvalue weighted by molar-refractivity contribution is -0.433. The van der Waals surface area contributed by atoms with Gasteiger partial charge in [0.25, 0.3) is 0 Å². The first-order valence-corrected chi connectivity index (χ1v) is 35.0. The average Bonchev–Trinajstić information content (AvgIpc) is 1.60. The molecule has 8 heteroatoms. The fourth-order valence-electron chi connectivity index (χ4n) is 16.3. The van der Waals surface area contributed by atoms with Crippen LogP contribution in [0.15, 0.2) is 200 Å². The van der Waals surface area contributed by atoms with Crippen molar-refractivity contribution < 1.29 is 9.15 Å². The molecule has 0 spiro atoms. The zero-order valence-electron chi connectivity index (χ0n) is 54.8. The van der Waals surface area contributed by atoms with E-state index in [-0.39, 0.29) is 21.7 Å². The highest BCUT2D eigenvalue weighted by atomic mass is 79.9. The quantitative estimate of drug-likeness (QED) is 0.0599. The second-order valence-electron chi connectivity index (χ2n) is 27.3.